The molecular formula is C22H19F4N3O3. The van der Waals surface area contributed by atoms with Crippen LogP contribution in [0.4, 0.5) is 23.2 Å². The van der Waals surface area contributed by atoms with Crippen LogP contribution in [0.3, 0.4) is 0 Å². The van der Waals surface area contributed by atoms with E-state index >= 15 is 0 Å². The summed E-state index contributed by atoms with van der Waals surface area (Å²) in [5, 5.41) is 2.80. The smallest absolute Gasteiger partial charge is 0.418 e. The van der Waals surface area contributed by atoms with Crippen LogP contribution >= 0.6 is 0 Å². The van der Waals surface area contributed by atoms with Crippen LogP contribution in [0.2, 0.25) is 0 Å². The van der Waals surface area contributed by atoms with Crippen LogP contribution < -0.4 is 10.1 Å². The lowest BCUT2D eigenvalue weighted by atomic mass is 10.0. The van der Waals surface area contributed by atoms with Gasteiger partial charge in [0.2, 0.25) is 5.88 Å². The molecule has 1 saturated heterocycles. The first-order valence-corrected chi connectivity index (χ1v) is 9.95. The Hall–Kier alpha value is -3.27. The highest BCUT2D eigenvalue weighted by Gasteiger charge is 2.36. The Morgan fingerprint density at radius 1 is 1.16 bits per heavy atom. The van der Waals surface area contributed by atoms with Gasteiger partial charge in [0.25, 0.3) is 5.91 Å². The van der Waals surface area contributed by atoms with E-state index in [4.69, 9.17) is 9.47 Å². The minimum atomic E-state index is -4.75. The first kappa shape index (κ1) is 21.9. The maximum Gasteiger partial charge on any atom is 0.418 e. The number of hydrogen-bond acceptors (Lipinski definition) is 5. The van der Waals surface area contributed by atoms with Crippen LogP contribution in [0.15, 0.2) is 42.7 Å². The highest BCUT2D eigenvalue weighted by molar-refractivity contribution is 6.05. The van der Waals surface area contributed by atoms with E-state index < -0.39 is 29.2 Å². The average Bonchev–Trinajstić information content (AvgIpc) is 2.77. The van der Waals surface area contributed by atoms with Crippen molar-refractivity contribution in [2.24, 2.45) is 5.92 Å². The molecule has 0 aliphatic carbocycles. The summed E-state index contributed by atoms with van der Waals surface area (Å²) in [5.74, 6) is -1.41. The summed E-state index contributed by atoms with van der Waals surface area (Å²) in [7, 11) is 0. The lowest BCUT2D eigenvalue weighted by Crippen LogP contribution is -2.21. The molecule has 0 unspecified atom stereocenters. The second-order valence-electron chi connectivity index (χ2n) is 7.39. The largest absolute Gasteiger partial charge is 0.477 e. The van der Waals surface area contributed by atoms with Gasteiger partial charge in [-0.2, -0.15) is 13.2 Å². The molecule has 0 atom stereocenters. The number of carbonyl (C=O) groups is 1. The fourth-order valence-corrected chi connectivity index (χ4v) is 3.53. The van der Waals surface area contributed by atoms with Crippen molar-refractivity contribution in [3.05, 3.63) is 59.8 Å². The van der Waals surface area contributed by atoms with Crippen molar-refractivity contribution in [2.45, 2.75) is 19.0 Å². The molecule has 2 aromatic heterocycles. The Morgan fingerprint density at radius 3 is 2.69 bits per heavy atom. The standard InChI is InChI=1S/C22H19F4N3O3/c23-17-11-15(29-20(30)19-16(22(24,25)26)2-1-6-27-19)10-14-3-7-28-21(18(14)17)32-12-13-4-8-31-9-5-13/h1-3,6-7,10-11,13H,4-5,8-9,12H2,(H,29,30). The monoisotopic (exact) mass is 449 g/mol. The number of amides is 1. The summed E-state index contributed by atoms with van der Waals surface area (Å²) in [6.07, 6.45) is -0.544. The van der Waals surface area contributed by atoms with Crippen LogP contribution in [0.1, 0.15) is 28.9 Å². The number of alkyl halides is 3. The summed E-state index contributed by atoms with van der Waals surface area (Å²) in [6.45, 7) is 1.68. The molecule has 1 aromatic carbocycles. The van der Waals surface area contributed by atoms with Crippen LogP contribution in [-0.4, -0.2) is 35.7 Å². The number of aromatic nitrogens is 2. The van der Waals surface area contributed by atoms with Gasteiger partial charge in [-0.25, -0.2) is 9.37 Å². The molecule has 1 N–H and O–H groups in total. The van der Waals surface area contributed by atoms with E-state index in [2.05, 4.69) is 15.3 Å². The molecule has 10 heteroatoms. The van der Waals surface area contributed by atoms with E-state index in [0.29, 0.717) is 25.2 Å². The molecule has 0 bridgehead atoms. The molecule has 0 saturated carbocycles. The van der Waals surface area contributed by atoms with Crippen LogP contribution in [0.25, 0.3) is 10.8 Å². The van der Waals surface area contributed by atoms with Crippen LogP contribution in [-0.2, 0) is 10.9 Å². The molecule has 4 rings (SSSR count). The van der Waals surface area contributed by atoms with Crippen LogP contribution in [0, 0.1) is 11.7 Å². The van der Waals surface area contributed by atoms with Crippen LogP contribution in [0.5, 0.6) is 5.88 Å². The number of benzene rings is 1. The van der Waals surface area contributed by atoms with E-state index in [1.807, 2.05) is 0 Å². The molecule has 6 nitrogen and oxygen atoms in total. The van der Waals surface area contributed by atoms with Gasteiger partial charge in [0.15, 0.2) is 0 Å². The van der Waals surface area contributed by atoms with Gasteiger partial charge in [-0.1, -0.05) is 0 Å². The molecular weight excluding hydrogens is 430 g/mol. The molecule has 0 spiro atoms. The highest BCUT2D eigenvalue weighted by atomic mass is 19.4. The van der Waals surface area contributed by atoms with Crippen molar-refractivity contribution in [2.75, 3.05) is 25.1 Å². The molecule has 1 fully saturated rings. The summed E-state index contributed by atoms with van der Waals surface area (Å²) in [4.78, 5) is 20.1. The number of hydrogen-bond donors (Lipinski definition) is 1. The summed E-state index contributed by atoms with van der Waals surface area (Å²) >= 11 is 0. The average molecular weight is 449 g/mol. The summed E-state index contributed by atoms with van der Waals surface area (Å²) < 4.78 is 65.5. The topological polar surface area (TPSA) is 73.3 Å². The number of anilines is 1. The first-order chi connectivity index (χ1) is 15.3. The third-order valence-electron chi connectivity index (χ3n) is 5.16. The third-order valence-corrected chi connectivity index (χ3v) is 5.16. The predicted molar refractivity (Wildman–Crippen MR) is 108 cm³/mol. The number of carbonyl (C=O) groups excluding carboxylic acids is 1. The second kappa shape index (κ2) is 9.07. The molecule has 1 aliphatic rings. The van der Waals surface area contributed by atoms with Gasteiger partial charge < -0.3 is 14.8 Å². The van der Waals surface area contributed by atoms with Gasteiger partial charge in [-0.05, 0) is 54.5 Å². The molecule has 3 heterocycles. The van der Waals surface area contributed by atoms with Crippen molar-refractivity contribution < 1.29 is 31.8 Å². The molecule has 1 aliphatic heterocycles. The zero-order valence-electron chi connectivity index (χ0n) is 16.8. The zero-order valence-corrected chi connectivity index (χ0v) is 16.8. The van der Waals surface area contributed by atoms with Gasteiger partial charge in [0.05, 0.1) is 17.6 Å². The van der Waals surface area contributed by atoms with Crippen molar-refractivity contribution in [1.82, 2.24) is 9.97 Å². The fraction of sp³-hybridized carbons (Fsp3) is 0.318. The highest BCUT2D eigenvalue weighted by Crippen LogP contribution is 2.33. The second-order valence-corrected chi connectivity index (χ2v) is 7.39. The lowest BCUT2D eigenvalue weighted by molar-refractivity contribution is -0.138. The molecule has 168 valence electrons. The molecule has 0 radical (unpaired) electrons. The number of halogens is 4. The lowest BCUT2D eigenvalue weighted by Gasteiger charge is -2.22. The van der Waals surface area contributed by atoms with Crippen molar-refractivity contribution >= 4 is 22.4 Å². The third kappa shape index (κ3) is 4.80. The van der Waals surface area contributed by atoms with Gasteiger partial charge >= 0.3 is 6.18 Å². The Morgan fingerprint density at radius 2 is 1.94 bits per heavy atom. The molecule has 3 aromatic rings. The van der Waals surface area contributed by atoms with Gasteiger partial charge in [-0.3, -0.25) is 9.78 Å². The normalized spacial score (nSPS) is 15.0. The minimum Gasteiger partial charge on any atom is -0.477 e. The van der Waals surface area contributed by atoms with Gasteiger partial charge in [-0.15, -0.1) is 0 Å². The van der Waals surface area contributed by atoms with E-state index in [1.165, 1.54) is 18.3 Å². The quantitative estimate of drug-likeness (QED) is 0.564. The Bertz CT molecular complexity index is 1130. The van der Waals surface area contributed by atoms with Gasteiger partial charge in [0, 0.05) is 31.3 Å². The first-order valence-electron chi connectivity index (χ1n) is 9.95. The summed E-state index contributed by atoms with van der Waals surface area (Å²) in [5.41, 5.74) is -1.98. The number of rotatable bonds is 5. The maximum atomic E-state index is 14.9. The van der Waals surface area contributed by atoms with Crippen molar-refractivity contribution in [3.8, 4) is 5.88 Å². The molecule has 1 amide bonds. The van der Waals surface area contributed by atoms with E-state index in [9.17, 15) is 22.4 Å². The van der Waals surface area contributed by atoms with E-state index in [-0.39, 0.29) is 22.9 Å². The predicted octanol–water partition coefficient (Wildman–Crippen LogP) is 4.85. The Labute approximate surface area is 180 Å². The minimum absolute atomic E-state index is 0.0136. The number of fused-ring (bicyclic) bond motifs is 1. The fourth-order valence-electron chi connectivity index (χ4n) is 3.53. The number of pyridine rings is 2. The summed E-state index contributed by atoms with van der Waals surface area (Å²) in [6, 6.07) is 5.83. The molecule has 32 heavy (non-hydrogen) atoms. The number of nitrogens with one attached hydrogen (secondary N) is 1. The Balaban J connectivity index is 1.57. The van der Waals surface area contributed by atoms with E-state index in [1.54, 1.807) is 0 Å². The Kier molecular flexibility index (Phi) is 6.22. The van der Waals surface area contributed by atoms with Crippen molar-refractivity contribution in [1.29, 1.82) is 0 Å². The zero-order chi connectivity index (χ0) is 22.7. The number of ether oxygens (including phenoxy) is 2. The number of nitrogens with zero attached hydrogens (tertiary/aromatic N) is 2. The SMILES string of the molecule is O=C(Nc1cc(F)c2c(OCC3CCOCC3)nccc2c1)c1ncccc1C(F)(F)F. The van der Waals surface area contributed by atoms with Gasteiger partial charge in [0.1, 0.15) is 11.5 Å². The van der Waals surface area contributed by atoms with E-state index in [0.717, 1.165) is 37.2 Å². The van der Waals surface area contributed by atoms with Crippen molar-refractivity contribution in [3.63, 3.8) is 0 Å². The maximum absolute atomic E-state index is 14.9.